The molecule has 0 aromatic heterocycles. The van der Waals surface area contributed by atoms with Gasteiger partial charge in [-0.2, -0.15) is 39.5 Å². The molecule has 2 fully saturated rings. The second-order valence-electron chi connectivity index (χ2n) is 10.6. The highest BCUT2D eigenvalue weighted by atomic mass is 19.4. The molecule has 240 valence electrons. The van der Waals surface area contributed by atoms with Gasteiger partial charge in [0.25, 0.3) is 5.60 Å². The van der Waals surface area contributed by atoms with Gasteiger partial charge in [0.2, 0.25) is 0 Å². The Morgan fingerprint density at radius 2 is 1.26 bits per heavy atom. The molecule has 2 aliphatic rings. The molecule has 0 spiro atoms. The highest BCUT2D eigenvalue weighted by Gasteiger charge is 2.71. The summed E-state index contributed by atoms with van der Waals surface area (Å²) in [5.41, 5.74) is -3.97. The van der Waals surface area contributed by atoms with Gasteiger partial charge >= 0.3 is 24.5 Å². The van der Waals surface area contributed by atoms with Crippen molar-refractivity contribution in [2.24, 2.45) is 5.92 Å². The number of nitrogens with zero attached hydrogens (tertiary/aromatic N) is 2. The average molecular weight is 630 g/mol. The quantitative estimate of drug-likeness (QED) is 0.371. The van der Waals surface area contributed by atoms with Crippen LogP contribution < -0.4 is 5.32 Å². The number of benzene rings is 2. The van der Waals surface area contributed by atoms with Crippen molar-refractivity contribution in [1.29, 1.82) is 0 Å². The first-order chi connectivity index (χ1) is 19.9. The summed E-state index contributed by atoms with van der Waals surface area (Å²) < 4.78 is 110. The molecular weight excluding hydrogens is 597 g/mol. The van der Waals surface area contributed by atoms with Gasteiger partial charge in [0, 0.05) is 44.8 Å². The molecule has 2 aliphatic heterocycles. The molecule has 3 N–H and O–H groups in total. The third-order valence-electron chi connectivity index (χ3n) is 7.44. The van der Waals surface area contributed by atoms with E-state index in [1.54, 1.807) is 12.1 Å². The molecule has 4 rings (SSSR count). The molecular formula is C28H32F9N3O3. The molecule has 2 aromatic carbocycles. The van der Waals surface area contributed by atoms with Crippen LogP contribution in [0.4, 0.5) is 39.5 Å². The second kappa shape index (κ2) is 13.8. The molecule has 43 heavy (non-hydrogen) atoms. The van der Waals surface area contributed by atoms with Crippen LogP contribution >= 0.6 is 0 Å². The molecule has 0 bridgehead atoms. The van der Waals surface area contributed by atoms with E-state index in [1.165, 1.54) is 12.8 Å². The van der Waals surface area contributed by atoms with Gasteiger partial charge in [-0.3, -0.25) is 4.90 Å². The average Bonchev–Trinajstić information content (AvgIpc) is 2.93. The van der Waals surface area contributed by atoms with E-state index in [0.717, 1.165) is 76.0 Å². The van der Waals surface area contributed by atoms with Crippen molar-refractivity contribution < 1.29 is 54.5 Å². The standard InChI is InChI=1S/C26H31F6N3O.C2HF3O2/c27-25(28,29)24(36,26(30,31)32)23-9-7-22(8-10-23)21-5-3-19(4-6-21)17-34-12-14-35(15-13-34)18-20-2-1-11-33-16-20;3-2(4,5)1(6)7/h3-10,20,33,36H,1-2,11-18H2;(H,6,7). The molecule has 2 heterocycles. The zero-order valence-corrected chi connectivity index (χ0v) is 22.9. The Morgan fingerprint density at radius 3 is 1.67 bits per heavy atom. The molecule has 1 atom stereocenters. The Hall–Kier alpha value is -2.88. The topological polar surface area (TPSA) is 76.0 Å². The van der Waals surface area contributed by atoms with Crippen LogP contribution in [0.15, 0.2) is 48.5 Å². The normalized spacial score (nSPS) is 19.4. The summed E-state index contributed by atoms with van der Waals surface area (Å²) in [6.07, 6.45) is -14.3. The van der Waals surface area contributed by atoms with Crippen LogP contribution in [0.25, 0.3) is 11.1 Å². The smallest absolute Gasteiger partial charge is 0.475 e. The predicted octanol–water partition coefficient (Wildman–Crippen LogP) is 5.42. The number of piperidine rings is 1. The summed E-state index contributed by atoms with van der Waals surface area (Å²) in [4.78, 5) is 13.8. The number of alkyl halides is 9. The highest BCUT2D eigenvalue weighted by Crippen LogP contribution is 2.50. The third kappa shape index (κ3) is 9.06. The van der Waals surface area contributed by atoms with Crippen LogP contribution in [0, 0.1) is 5.92 Å². The van der Waals surface area contributed by atoms with Gasteiger partial charge in [-0.25, -0.2) is 4.79 Å². The third-order valence-corrected chi connectivity index (χ3v) is 7.44. The monoisotopic (exact) mass is 629 g/mol. The first-order valence-electron chi connectivity index (χ1n) is 13.4. The van der Waals surface area contributed by atoms with Gasteiger partial charge < -0.3 is 20.4 Å². The lowest BCUT2D eigenvalue weighted by Gasteiger charge is -2.37. The maximum absolute atomic E-state index is 13.1. The lowest BCUT2D eigenvalue weighted by Crippen LogP contribution is -2.53. The second-order valence-corrected chi connectivity index (χ2v) is 10.6. The summed E-state index contributed by atoms with van der Waals surface area (Å²) >= 11 is 0. The van der Waals surface area contributed by atoms with Crippen LogP contribution in [-0.2, 0) is 16.9 Å². The number of carbonyl (C=O) groups is 1. The van der Waals surface area contributed by atoms with Gasteiger partial charge in [0.15, 0.2) is 0 Å². The zero-order chi connectivity index (χ0) is 32.1. The molecule has 1 unspecified atom stereocenters. The number of hydrogen-bond acceptors (Lipinski definition) is 5. The fourth-order valence-electron chi connectivity index (χ4n) is 5.03. The van der Waals surface area contributed by atoms with Crippen molar-refractivity contribution in [3.8, 4) is 11.1 Å². The number of piperazine rings is 1. The SMILES string of the molecule is O=C(O)C(F)(F)F.OC(c1ccc(-c2ccc(CN3CCN(CC4CCCNC4)CC3)cc2)cc1)(C(F)(F)F)C(F)(F)F. The van der Waals surface area contributed by atoms with Gasteiger partial charge in [-0.05, 0) is 48.5 Å². The van der Waals surface area contributed by atoms with Gasteiger partial charge in [-0.1, -0.05) is 48.5 Å². The van der Waals surface area contributed by atoms with E-state index in [1.807, 2.05) is 12.1 Å². The van der Waals surface area contributed by atoms with E-state index in [9.17, 15) is 44.6 Å². The largest absolute Gasteiger partial charge is 0.490 e. The van der Waals surface area contributed by atoms with Crippen LogP contribution in [0.5, 0.6) is 0 Å². The minimum Gasteiger partial charge on any atom is -0.475 e. The van der Waals surface area contributed by atoms with Crippen molar-refractivity contribution in [3.63, 3.8) is 0 Å². The number of hydrogen-bond donors (Lipinski definition) is 3. The number of halogens is 9. The number of rotatable bonds is 6. The molecule has 0 amide bonds. The van der Waals surface area contributed by atoms with Gasteiger partial charge in [0.05, 0.1) is 0 Å². The Labute approximate surface area is 242 Å². The van der Waals surface area contributed by atoms with E-state index >= 15 is 0 Å². The summed E-state index contributed by atoms with van der Waals surface area (Å²) in [6, 6.07) is 11.1. The fraction of sp³-hybridized carbons (Fsp3) is 0.536. The maximum atomic E-state index is 13.1. The molecule has 6 nitrogen and oxygen atoms in total. The molecule has 0 radical (unpaired) electrons. The molecule has 2 saturated heterocycles. The van der Waals surface area contributed by atoms with Crippen molar-refractivity contribution in [2.45, 2.75) is 43.5 Å². The van der Waals surface area contributed by atoms with E-state index in [0.29, 0.717) is 23.3 Å². The van der Waals surface area contributed by atoms with Crippen molar-refractivity contribution in [3.05, 3.63) is 59.7 Å². The van der Waals surface area contributed by atoms with E-state index in [4.69, 9.17) is 9.90 Å². The van der Waals surface area contributed by atoms with E-state index in [2.05, 4.69) is 15.1 Å². The molecule has 2 aromatic rings. The number of carboxylic acids is 1. The van der Waals surface area contributed by atoms with Crippen LogP contribution in [-0.4, -0.2) is 90.3 Å². The van der Waals surface area contributed by atoms with E-state index in [-0.39, 0.29) is 0 Å². The number of nitrogens with one attached hydrogen (secondary N) is 1. The van der Waals surface area contributed by atoms with Crippen LogP contribution in [0.1, 0.15) is 24.0 Å². The minimum absolute atomic E-state index is 0.461. The van der Waals surface area contributed by atoms with Gasteiger partial charge in [0.1, 0.15) is 0 Å². The van der Waals surface area contributed by atoms with Crippen LogP contribution in [0.2, 0.25) is 0 Å². The van der Waals surface area contributed by atoms with Crippen LogP contribution in [0.3, 0.4) is 0 Å². The Bertz CT molecular complexity index is 1160. The summed E-state index contributed by atoms with van der Waals surface area (Å²) in [7, 11) is 0. The highest BCUT2D eigenvalue weighted by molar-refractivity contribution is 5.73. The summed E-state index contributed by atoms with van der Waals surface area (Å²) in [6.45, 7) is 8.15. The lowest BCUT2D eigenvalue weighted by atomic mass is 9.90. The van der Waals surface area contributed by atoms with Gasteiger partial charge in [-0.15, -0.1) is 0 Å². The number of carboxylic acid groups (broad SMARTS) is 1. The first-order valence-corrected chi connectivity index (χ1v) is 13.4. The molecule has 0 aliphatic carbocycles. The molecule has 15 heteroatoms. The van der Waals surface area contributed by atoms with Crippen molar-refractivity contribution in [1.82, 2.24) is 15.1 Å². The Balaban J connectivity index is 0.000000646. The summed E-state index contributed by atoms with van der Waals surface area (Å²) in [5.74, 6) is -2.03. The Kier molecular flexibility index (Phi) is 11.1. The number of aliphatic hydroxyl groups is 1. The van der Waals surface area contributed by atoms with E-state index < -0.39 is 35.7 Å². The minimum atomic E-state index is -5.90. The fourth-order valence-corrected chi connectivity index (χ4v) is 5.03. The summed E-state index contributed by atoms with van der Waals surface area (Å²) in [5, 5.41) is 20.1. The molecule has 0 saturated carbocycles. The lowest BCUT2D eigenvalue weighted by molar-refractivity contribution is -0.376. The zero-order valence-electron chi connectivity index (χ0n) is 22.9. The van der Waals surface area contributed by atoms with Crippen molar-refractivity contribution in [2.75, 3.05) is 45.8 Å². The number of aliphatic carboxylic acids is 1. The van der Waals surface area contributed by atoms with Crippen molar-refractivity contribution >= 4 is 5.97 Å². The Morgan fingerprint density at radius 1 is 0.791 bits per heavy atom. The maximum Gasteiger partial charge on any atom is 0.490 e. The first kappa shape index (κ1) is 34.6. The predicted molar refractivity (Wildman–Crippen MR) is 139 cm³/mol.